The van der Waals surface area contributed by atoms with E-state index in [0.29, 0.717) is 0 Å². The fraction of sp³-hybridized carbons (Fsp3) is 0.292. The lowest BCUT2D eigenvalue weighted by Gasteiger charge is -2.05. The smallest absolute Gasteiger partial charge is 0.171 e. The predicted molar refractivity (Wildman–Crippen MR) is 106 cm³/mol. The summed E-state index contributed by atoms with van der Waals surface area (Å²) in [6.07, 6.45) is 9.42. The Hall–Kier alpha value is -2.41. The summed E-state index contributed by atoms with van der Waals surface area (Å²) in [5.41, 5.74) is 6.78. The molecule has 0 fully saturated rings. The number of aryl methyl sites for hydroxylation is 4. The van der Waals surface area contributed by atoms with Crippen LogP contribution in [0.15, 0.2) is 73.1 Å². The Kier molecular flexibility index (Phi) is 6.00. The quantitative estimate of drug-likeness (QED) is 0.388. The SMILES string of the molecule is Cc1cc[n+](CCCCCc2ccc(-c3ccccc3)cc2)cc1C. The fourth-order valence-corrected chi connectivity index (χ4v) is 3.17. The second-order valence-electron chi connectivity index (χ2n) is 6.92. The lowest BCUT2D eigenvalue weighted by atomic mass is 10.0. The lowest BCUT2D eigenvalue weighted by molar-refractivity contribution is -0.697. The van der Waals surface area contributed by atoms with Gasteiger partial charge >= 0.3 is 0 Å². The zero-order valence-electron chi connectivity index (χ0n) is 15.4. The van der Waals surface area contributed by atoms with Crippen LogP contribution in [-0.4, -0.2) is 0 Å². The van der Waals surface area contributed by atoms with Crippen molar-refractivity contribution >= 4 is 0 Å². The molecule has 0 N–H and O–H groups in total. The molecule has 0 aliphatic rings. The summed E-state index contributed by atoms with van der Waals surface area (Å²) in [6, 6.07) is 21.8. The molecule has 1 aromatic heterocycles. The van der Waals surface area contributed by atoms with Gasteiger partial charge in [-0.25, -0.2) is 4.57 Å². The van der Waals surface area contributed by atoms with E-state index in [-0.39, 0.29) is 0 Å². The minimum Gasteiger partial charge on any atom is -0.205 e. The molecule has 0 saturated carbocycles. The number of unbranched alkanes of at least 4 members (excludes halogenated alkanes) is 2. The monoisotopic (exact) mass is 330 g/mol. The van der Waals surface area contributed by atoms with Crippen molar-refractivity contribution in [2.45, 2.75) is 46.1 Å². The highest BCUT2D eigenvalue weighted by atomic mass is 14.9. The van der Waals surface area contributed by atoms with Crippen molar-refractivity contribution in [1.29, 1.82) is 0 Å². The van der Waals surface area contributed by atoms with Crippen molar-refractivity contribution in [3.63, 3.8) is 0 Å². The first-order chi connectivity index (χ1) is 12.2. The van der Waals surface area contributed by atoms with E-state index in [1.807, 2.05) is 0 Å². The molecule has 0 spiro atoms. The first-order valence-corrected chi connectivity index (χ1v) is 9.33. The summed E-state index contributed by atoms with van der Waals surface area (Å²) < 4.78 is 2.32. The Morgan fingerprint density at radius 1 is 0.680 bits per heavy atom. The summed E-state index contributed by atoms with van der Waals surface area (Å²) in [4.78, 5) is 0. The number of benzene rings is 2. The first-order valence-electron chi connectivity index (χ1n) is 9.33. The van der Waals surface area contributed by atoms with Crippen LogP contribution in [-0.2, 0) is 13.0 Å². The molecular weight excluding hydrogens is 302 g/mol. The van der Waals surface area contributed by atoms with Gasteiger partial charge in [-0.3, -0.25) is 0 Å². The van der Waals surface area contributed by atoms with Gasteiger partial charge in [0.15, 0.2) is 12.4 Å². The molecule has 2 aromatic carbocycles. The molecule has 3 rings (SSSR count). The molecule has 0 saturated heterocycles. The zero-order valence-corrected chi connectivity index (χ0v) is 15.4. The summed E-state index contributed by atoms with van der Waals surface area (Å²) in [6.45, 7) is 5.47. The Morgan fingerprint density at radius 3 is 2.12 bits per heavy atom. The van der Waals surface area contributed by atoms with Gasteiger partial charge in [0.05, 0.1) is 0 Å². The number of hydrogen-bond donors (Lipinski definition) is 0. The van der Waals surface area contributed by atoms with Crippen LogP contribution in [0.25, 0.3) is 11.1 Å². The predicted octanol–water partition coefficient (Wildman–Crippen LogP) is 5.67. The number of aromatic nitrogens is 1. The van der Waals surface area contributed by atoms with Crippen molar-refractivity contribution in [2.75, 3.05) is 0 Å². The van der Waals surface area contributed by atoms with Crippen LogP contribution >= 0.6 is 0 Å². The molecule has 1 heteroatoms. The van der Waals surface area contributed by atoms with E-state index in [2.05, 4.69) is 91.5 Å². The highest BCUT2D eigenvalue weighted by Gasteiger charge is 2.03. The Bertz CT molecular complexity index is 788. The van der Waals surface area contributed by atoms with Crippen molar-refractivity contribution in [3.05, 3.63) is 89.7 Å². The van der Waals surface area contributed by atoms with Crippen molar-refractivity contribution < 1.29 is 4.57 Å². The first kappa shape index (κ1) is 17.4. The molecule has 1 nitrogen and oxygen atoms in total. The van der Waals surface area contributed by atoms with Gasteiger partial charge in [0, 0.05) is 18.1 Å². The van der Waals surface area contributed by atoms with Gasteiger partial charge in [-0.2, -0.15) is 0 Å². The molecule has 128 valence electrons. The largest absolute Gasteiger partial charge is 0.205 e. The van der Waals surface area contributed by atoms with Crippen molar-refractivity contribution in [1.82, 2.24) is 0 Å². The maximum Gasteiger partial charge on any atom is 0.171 e. The van der Waals surface area contributed by atoms with Crippen LogP contribution in [0, 0.1) is 13.8 Å². The Labute approximate surface area is 152 Å². The molecule has 0 aliphatic heterocycles. The second-order valence-corrected chi connectivity index (χ2v) is 6.92. The maximum absolute atomic E-state index is 2.32. The van der Waals surface area contributed by atoms with Gasteiger partial charge in [0.1, 0.15) is 6.54 Å². The fourth-order valence-electron chi connectivity index (χ4n) is 3.17. The Balaban J connectivity index is 1.42. The third kappa shape index (κ3) is 5.03. The average molecular weight is 330 g/mol. The number of hydrogen-bond acceptors (Lipinski definition) is 0. The molecule has 3 aromatic rings. The number of pyridine rings is 1. The summed E-state index contributed by atoms with van der Waals surface area (Å²) in [5, 5.41) is 0. The van der Waals surface area contributed by atoms with Crippen LogP contribution < -0.4 is 4.57 Å². The zero-order chi connectivity index (χ0) is 17.5. The van der Waals surface area contributed by atoms with E-state index in [9.17, 15) is 0 Å². The van der Waals surface area contributed by atoms with Crippen molar-refractivity contribution in [3.8, 4) is 11.1 Å². The normalized spacial score (nSPS) is 10.8. The van der Waals surface area contributed by atoms with E-state index < -0.39 is 0 Å². The standard InChI is InChI=1S/C24H28N/c1-20-16-18-25(19-21(20)2)17-8-4-5-9-22-12-14-24(15-13-22)23-10-6-3-7-11-23/h3,6-7,10-16,18-19H,4-5,8-9,17H2,1-2H3/q+1. The average Bonchev–Trinajstić information content (AvgIpc) is 2.65. The van der Waals surface area contributed by atoms with Crippen LogP contribution in [0.3, 0.4) is 0 Å². The van der Waals surface area contributed by atoms with Gasteiger partial charge in [-0.15, -0.1) is 0 Å². The van der Waals surface area contributed by atoms with E-state index >= 15 is 0 Å². The van der Waals surface area contributed by atoms with Crippen LogP contribution in [0.2, 0.25) is 0 Å². The highest BCUT2D eigenvalue weighted by molar-refractivity contribution is 5.63. The van der Waals surface area contributed by atoms with Crippen molar-refractivity contribution in [2.24, 2.45) is 0 Å². The topological polar surface area (TPSA) is 3.88 Å². The highest BCUT2D eigenvalue weighted by Crippen LogP contribution is 2.20. The maximum atomic E-state index is 2.32. The lowest BCUT2D eigenvalue weighted by Crippen LogP contribution is -2.33. The molecule has 1 heterocycles. The molecule has 0 radical (unpaired) electrons. The number of rotatable bonds is 7. The van der Waals surface area contributed by atoms with E-state index in [1.54, 1.807) is 0 Å². The van der Waals surface area contributed by atoms with E-state index in [0.717, 1.165) is 6.54 Å². The summed E-state index contributed by atoms with van der Waals surface area (Å²) >= 11 is 0. The minimum atomic E-state index is 1.12. The summed E-state index contributed by atoms with van der Waals surface area (Å²) in [5.74, 6) is 0. The molecular formula is C24H28N+. The molecule has 0 unspecified atom stereocenters. The third-order valence-electron chi connectivity index (χ3n) is 4.94. The van der Waals surface area contributed by atoms with Gasteiger partial charge in [0.2, 0.25) is 0 Å². The summed E-state index contributed by atoms with van der Waals surface area (Å²) in [7, 11) is 0. The Morgan fingerprint density at radius 2 is 1.40 bits per heavy atom. The number of nitrogens with zero attached hydrogens (tertiary/aromatic N) is 1. The van der Waals surface area contributed by atoms with Gasteiger partial charge in [0.25, 0.3) is 0 Å². The molecule has 0 atom stereocenters. The van der Waals surface area contributed by atoms with Gasteiger partial charge in [-0.05, 0) is 55.4 Å². The molecule has 0 aliphatic carbocycles. The van der Waals surface area contributed by atoms with Crippen LogP contribution in [0.4, 0.5) is 0 Å². The minimum absolute atomic E-state index is 1.12. The van der Waals surface area contributed by atoms with Crippen LogP contribution in [0.1, 0.15) is 36.0 Å². The molecule has 25 heavy (non-hydrogen) atoms. The van der Waals surface area contributed by atoms with E-state index in [4.69, 9.17) is 0 Å². The van der Waals surface area contributed by atoms with Gasteiger partial charge in [-0.1, -0.05) is 54.6 Å². The van der Waals surface area contributed by atoms with Crippen LogP contribution in [0.5, 0.6) is 0 Å². The molecule has 0 bridgehead atoms. The van der Waals surface area contributed by atoms with E-state index in [1.165, 1.54) is 53.5 Å². The molecule has 0 amide bonds. The van der Waals surface area contributed by atoms with Gasteiger partial charge < -0.3 is 0 Å². The second kappa shape index (κ2) is 8.62. The third-order valence-corrected chi connectivity index (χ3v) is 4.94.